The molecule has 9 nitrogen and oxygen atoms in total. The van der Waals surface area contributed by atoms with Crippen molar-refractivity contribution in [1.82, 2.24) is 24.5 Å². The van der Waals surface area contributed by atoms with Crippen LogP contribution in [0.5, 0.6) is 0 Å². The zero-order valence-corrected chi connectivity index (χ0v) is 15.6. The monoisotopic (exact) mass is 377 g/mol. The fourth-order valence-electron chi connectivity index (χ4n) is 3.58. The Labute approximate surface area is 157 Å². The van der Waals surface area contributed by atoms with Gasteiger partial charge in [-0.3, -0.25) is 19.6 Å². The number of nitrogens with zero attached hydrogens (tertiary/aromatic N) is 4. The van der Waals surface area contributed by atoms with Gasteiger partial charge in [-0.25, -0.2) is 9.97 Å². The van der Waals surface area contributed by atoms with Gasteiger partial charge in [0.25, 0.3) is 17.8 Å². The van der Waals surface area contributed by atoms with Crippen molar-refractivity contribution in [3.63, 3.8) is 0 Å². The van der Waals surface area contributed by atoms with Crippen LogP contribution < -0.4 is 5.56 Å². The second-order valence-corrected chi connectivity index (χ2v) is 7.18. The van der Waals surface area contributed by atoms with Gasteiger partial charge in [0.05, 0.1) is 17.9 Å². The van der Waals surface area contributed by atoms with Crippen LogP contribution >= 0.6 is 0 Å². The first-order valence-electron chi connectivity index (χ1n) is 9.52. The van der Waals surface area contributed by atoms with E-state index in [4.69, 9.17) is 14.6 Å². The first-order chi connectivity index (χ1) is 13.1. The minimum atomic E-state index is -0.250. The second-order valence-electron chi connectivity index (χ2n) is 7.18. The Morgan fingerprint density at radius 3 is 2.89 bits per heavy atom. The van der Waals surface area contributed by atoms with Gasteiger partial charge in [-0.15, -0.1) is 0 Å². The Kier molecular flexibility index (Phi) is 6.57. The summed E-state index contributed by atoms with van der Waals surface area (Å²) in [6, 6.07) is 1.60. The molecule has 2 atom stereocenters. The van der Waals surface area contributed by atoms with E-state index >= 15 is 0 Å². The van der Waals surface area contributed by atoms with Crippen molar-refractivity contribution in [3.05, 3.63) is 28.4 Å². The third-order valence-electron chi connectivity index (χ3n) is 5.00. The SMILES string of the molecule is CCCC[C@@H]1CN(Cc2cc(=O)n3[nH]cnc3n2)C[C@H](C2CC2)O1.O=CO. The van der Waals surface area contributed by atoms with Gasteiger partial charge in [0, 0.05) is 25.7 Å². The molecule has 2 N–H and O–H groups in total. The number of morpholine rings is 1. The molecular weight excluding hydrogens is 350 g/mol. The largest absolute Gasteiger partial charge is 0.483 e. The maximum absolute atomic E-state index is 12.1. The normalized spacial score (nSPS) is 23.0. The summed E-state index contributed by atoms with van der Waals surface area (Å²) < 4.78 is 7.68. The highest BCUT2D eigenvalue weighted by Gasteiger charge is 2.38. The molecule has 0 radical (unpaired) electrons. The first-order valence-corrected chi connectivity index (χ1v) is 9.52. The predicted octanol–water partition coefficient (Wildman–Crippen LogP) is 1.29. The molecule has 0 amide bonds. The number of fused-ring (bicyclic) bond motifs is 1. The zero-order chi connectivity index (χ0) is 19.2. The van der Waals surface area contributed by atoms with Gasteiger partial charge in [-0.1, -0.05) is 19.8 Å². The first kappa shape index (κ1) is 19.5. The molecule has 1 aliphatic carbocycles. The molecule has 0 spiro atoms. The molecule has 27 heavy (non-hydrogen) atoms. The van der Waals surface area contributed by atoms with Crippen molar-refractivity contribution in [3.8, 4) is 0 Å². The zero-order valence-electron chi connectivity index (χ0n) is 15.6. The number of rotatable bonds is 6. The number of aromatic nitrogens is 4. The summed E-state index contributed by atoms with van der Waals surface area (Å²) in [7, 11) is 0. The summed E-state index contributed by atoms with van der Waals surface area (Å²) in [5, 5.41) is 9.67. The lowest BCUT2D eigenvalue weighted by Gasteiger charge is -2.38. The lowest BCUT2D eigenvalue weighted by Crippen LogP contribution is -2.48. The summed E-state index contributed by atoms with van der Waals surface area (Å²) in [5.74, 6) is 1.16. The fourth-order valence-corrected chi connectivity index (χ4v) is 3.58. The molecule has 9 heteroatoms. The van der Waals surface area contributed by atoms with Crippen LogP contribution in [0.4, 0.5) is 0 Å². The highest BCUT2D eigenvalue weighted by molar-refractivity contribution is 5.32. The Hall–Kier alpha value is -2.26. The van der Waals surface area contributed by atoms with Crippen molar-refractivity contribution in [2.45, 2.75) is 57.8 Å². The molecule has 0 bridgehead atoms. The second kappa shape index (κ2) is 9.09. The van der Waals surface area contributed by atoms with Crippen LogP contribution in [0.3, 0.4) is 0 Å². The predicted molar refractivity (Wildman–Crippen MR) is 98.5 cm³/mol. The highest BCUT2D eigenvalue weighted by atomic mass is 16.5. The van der Waals surface area contributed by atoms with Crippen LogP contribution in [0.1, 0.15) is 44.7 Å². The van der Waals surface area contributed by atoms with Gasteiger partial charge in [-0.2, -0.15) is 4.52 Å². The third-order valence-corrected chi connectivity index (χ3v) is 5.00. The summed E-state index contributed by atoms with van der Waals surface area (Å²) in [4.78, 5) is 31.5. The lowest BCUT2D eigenvalue weighted by molar-refractivity contribution is -0.122. The lowest BCUT2D eigenvalue weighted by atomic mass is 10.1. The van der Waals surface area contributed by atoms with E-state index < -0.39 is 0 Å². The Morgan fingerprint density at radius 1 is 1.41 bits per heavy atom. The highest BCUT2D eigenvalue weighted by Crippen LogP contribution is 2.37. The van der Waals surface area contributed by atoms with E-state index in [1.807, 2.05) is 0 Å². The molecule has 0 unspecified atom stereocenters. The van der Waals surface area contributed by atoms with Gasteiger partial charge < -0.3 is 9.84 Å². The van der Waals surface area contributed by atoms with E-state index in [1.165, 1.54) is 36.5 Å². The topological polar surface area (TPSA) is 113 Å². The molecule has 2 aromatic rings. The van der Waals surface area contributed by atoms with Crippen molar-refractivity contribution in [2.75, 3.05) is 13.1 Å². The van der Waals surface area contributed by atoms with Crippen LogP contribution in [0.25, 0.3) is 5.78 Å². The number of hydrogen-bond donors (Lipinski definition) is 2. The minimum Gasteiger partial charge on any atom is -0.483 e. The maximum Gasteiger partial charge on any atom is 0.290 e. The minimum absolute atomic E-state index is 0.109. The van der Waals surface area contributed by atoms with Crippen LogP contribution in [-0.2, 0) is 16.1 Å². The van der Waals surface area contributed by atoms with E-state index in [-0.39, 0.29) is 12.0 Å². The average molecular weight is 377 g/mol. The molecule has 148 valence electrons. The molecular formula is C18H27N5O4. The summed E-state index contributed by atoms with van der Waals surface area (Å²) in [6.07, 6.45) is 8.24. The van der Waals surface area contributed by atoms with Gasteiger partial charge >= 0.3 is 0 Å². The van der Waals surface area contributed by atoms with Crippen LogP contribution in [0.15, 0.2) is 17.2 Å². The molecule has 2 aliphatic rings. The number of aromatic amines is 1. The maximum atomic E-state index is 12.1. The molecule has 1 saturated carbocycles. The van der Waals surface area contributed by atoms with E-state index in [9.17, 15) is 4.79 Å². The number of carboxylic acid groups (broad SMARTS) is 1. The quantitative estimate of drug-likeness (QED) is 0.729. The van der Waals surface area contributed by atoms with E-state index in [0.29, 0.717) is 24.5 Å². The third kappa shape index (κ3) is 5.14. The summed E-state index contributed by atoms with van der Waals surface area (Å²) in [6.45, 7) is 4.52. The number of carbonyl (C=O) groups is 1. The number of ether oxygens (including phenoxy) is 1. The van der Waals surface area contributed by atoms with Crippen molar-refractivity contribution in [1.29, 1.82) is 0 Å². The molecule has 0 aromatic carbocycles. The summed E-state index contributed by atoms with van der Waals surface area (Å²) in [5.41, 5.74) is 0.680. The number of H-pyrrole nitrogens is 1. The molecule has 4 rings (SSSR count). The number of unbranched alkanes of at least 4 members (excludes halogenated alkanes) is 1. The van der Waals surface area contributed by atoms with E-state index in [1.54, 1.807) is 6.07 Å². The Morgan fingerprint density at radius 2 is 2.19 bits per heavy atom. The molecule has 1 saturated heterocycles. The average Bonchev–Trinajstić information content (AvgIpc) is 3.39. The van der Waals surface area contributed by atoms with Gasteiger partial charge in [-0.05, 0) is 25.2 Å². The smallest absolute Gasteiger partial charge is 0.290 e. The van der Waals surface area contributed by atoms with Crippen LogP contribution in [-0.4, -0.2) is 61.4 Å². The van der Waals surface area contributed by atoms with Crippen LogP contribution in [0.2, 0.25) is 0 Å². The van der Waals surface area contributed by atoms with Gasteiger partial charge in [0.15, 0.2) is 0 Å². The van der Waals surface area contributed by atoms with Gasteiger partial charge in [0.2, 0.25) is 0 Å². The standard InChI is InChI=1S/C17H25N5O2.CH2O2/c1-2-3-4-14-9-21(10-15(24-14)12-5-6-12)8-13-7-16(23)22-17(20-13)18-11-19-22;2-1-3/h7,11-12,14-15H,2-6,8-10H2,1H3,(H,18,19,20);1H,(H,2,3)/t14-,15-;/m1./s1. The molecule has 3 heterocycles. The van der Waals surface area contributed by atoms with Crippen molar-refractivity contribution in [2.24, 2.45) is 5.92 Å². The van der Waals surface area contributed by atoms with Gasteiger partial charge in [0.1, 0.15) is 6.33 Å². The van der Waals surface area contributed by atoms with Crippen LogP contribution in [0, 0.1) is 5.92 Å². The Balaban J connectivity index is 0.000000659. The molecule has 2 fully saturated rings. The van der Waals surface area contributed by atoms with Crippen molar-refractivity contribution >= 4 is 12.2 Å². The molecule has 2 aromatic heterocycles. The number of hydrogen-bond acceptors (Lipinski definition) is 6. The molecule has 1 aliphatic heterocycles. The fraction of sp³-hybridized carbons (Fsp3) is 0.667. The summed E-state index contributed by atoms with van der Waals surface area (Å²) >= 11 is 0. The Bertz CT molecular complexity index is 800. The van der Waals surface area contributed by atoms with E-state index in [2.05, 4.69) is 26.9 Å². The van der Waals surface area contributed by atoms with Crippen molar-refractivity contribution < 1.29 is 14.6 Å². The number of nitrogens with one attached hydrogen (secondary N) is 1. The van der Waals surface area contributed by atoms with E-state index in [0.717, 1.165) is 31.1 Å².